The molecule has 0 aliphatic carbocycles. The molecule has 206 valence electrons. The Hall–Kier alpha value is -4.24. The van der Waals surface area contributed by atoms with Crippen LogP contribution in [0.1, 0.15) is 36.1 Å². The summed E-state index contributed by atoms with van der Waals surface area (Å²) in [4.78, 5) is 33.8. The average Bonchev–Trinajstić information content (AvgIpc) is 2.94. The second kappa shape index (κ2) is 11.9. The largest absolute Gasteiger partial charge is 0.495 e. The van der Waals surface area contributed by atoms with Gasteiger partial charge >= 0.3 is 6.03 Å². The summed E-state index contributed by atoms with van der Waals surface area (Å²) in [5.41, 5.74) is 6.14. The van der Waals surface area contributed by atoms with Gasteiger partial charge < -0.3 is 25.6 Å². The van der Waals surface area contributed by atoms with E-state index in [0.29, 0.717) is 28.4 Å². The fourth-order valence-corrected chi connectivity index (χ4v) is 6.14. The van der Waals surface area contributed by atoms with E-state index in [2.05, 4.69) is 20.9 Å². The number of rotatable bonds is 6. The minimum atomic E-state index is -0.363. The fraction of sp³-hybridized carbons (Fsp3) is 0.258. The molecule has 2 heterocycles. The molecular weight excluding hydrogens is 522 g/mol. The third-order valence-corrected chi connectivity index (χ3v) is 8.11. The second-order valence-corrected chi connectivity index (χ2v) is 10.9. The number of aliphatic imine (C=N–C) groups is 1. The topological polar surface area (TPSA) is 95.1 Å². The molecule has 1 saturated heterocycles. The molecule has 0 aromatic heterocycles. The van der Waals surface area contributed by atoms with Crippen molar-refractivity contribution in [2.24, 2.45) is 4.99 Å². The van der Waals surface area contributed by atoms with Gasteiger partial charge in [-0.2, -0.15) is 0 Å². The SMILES string of the molecule is COc1ccccc1NC(=O)C1=C(C)N=C2SCCCN2C1c1cccc(NC(=O)Nc2c(C)cccc2C)c1. The van der Waals surface area contributed by atoms with Crippen LogP contribution < -0.4 is 20.7 Å². The van der Waals surface area contributed by atoms with E-state index in [0.717, 1.165) is 46.3 Å². The van der Waals surface area contributed by atoms with Crippen molar-refractivity contribution in [3.05, 3.63) is 94.7 Å². The Morgan fingerprint density at radius 1 is 0.950 bits per heavy atom. The summed E-state index contributed by atoms with van der Waals surface area (Å²) in [5.74, 6) is 1.33. The molecule has 3 amide bonds. The Morgan fingerprint density at radius 3 is 2.48 bits per heavy atom. The summed E-state index contributed by atoms with van der Waals surface area (Å²) in [6, 6.07) is 20.2. The predicted molar refractivity (Wildman–Crippen MR) is 163 cm³/mol. The van der Waals surface area contributed by atoms with Gasteiger partial charge in [0.15, 0.2) is 5.17 Å². The molecule has 0 spiro atoms. The van der Waals surface area contributed by atoms with Gasteiger partial charge in [0.05, 0.1) is 30.1 Å². The molecule has 0 saturated carbocycles. The van der Waals surface area contributed by atoms with E-state index < -0.39 is 0 Å². The highest BCUT2D eigenvalue weighted by Crippen LogP contribution is 2.40. The van der Waals surface area contributed by atoms with Gasteiger partial charge in [0.2, 0.25) is 0 Å². The lowest BCUT2D eigenvalue weighted by atomic mass is 9.93. The van der Waals surface area contributed by atoms with Gasteiger partial charge in [-0.05, 0) is 68.1 Å². The van der Waals surface area contributed by atoms with Crippen molar-refractivity contribution in [3.8, 4) is 5.75 Å². The third kappa shape index (κ3) is 5.70. The van der Waals surface area contributed by atoms with Crippen molar-refractivity contribution < 1.29 is 14.3 Å². The molecule has 8 nitrogen and oxygen atoms in total. The molecule has 1 atom stereocenters. The Morgan fingerprint density at radius 2 is 1.70 bits per heavy atom. The Labute approximate surface area is 238 Å². The number of para-hydroxylation sites is 3. The number of carbonyl (C=O) groups is 2. The normalized spacial score (nSPS) is 16.6. The van der Waals surface area contributed by atoms with Crippen molar-refractivity contribution in [1.29, 1.82) is 0 Å². The minimum absolute atomic E-state index is 0.239. The number of amidine groups is 1. The van der Waals surface area contributed by atoms with Crippen LogP contribution >= 0.6 is 11.8 Å². The van der Waals surface area contributed by atoms with Crippen LogP contribution in [0.3, 0.4) is 0 Å². The van der Waals surface area contributed by atoms with Crippen LogP contribution in [0, 0.1) is 13.8 Å². The maximum Gasteiger partial charge on any atom is 0.323 e. The molecule has 2 aliphatic heterocycles. The van der Waals surface area contributed by atoms with Crippen LogP contribution in [0.5, 0.6) is 5.75 Å². The summed E-state index contributed by atoms with van der Waals surface area (Å²) in [6.45, 7) is 6.59. The van der Waals surface area contributed by atoms with Crippen molar-refractivity contribution in [1.82, 2.24) is 4.90 Å². The number of amides is 3. The number of fused-ring (bicyclic) bond motifs is 1. The number of urea groups is 1. The first-order chi connectivity index (χ1) is 19.4. The summed E-state index contributed by atoms with van der Waals surface area (Å²) >= 11 is 1.70. The van der Waals surface area contributed by atoms with Crippen molar-refractivity contribution in [2.75, 3.05) is 35.4 Å². The highest BCUT2D eigenvalue weighted by atomic mass is 32.2. The van der Waals surface area contributed by atoms with Crippen LogP contribution in [0.15, 0.2) is 83.0 Å². The van der Waals surface area contributed by atoms with E-state index >= 15 is 0 Å². The zero-order valence-corrected chi connectivity index (χ0v) is 23.9. The summed E-state index contributed by atoms with van der Waals surface area (Å²) in [6.07, 6.45) is 0.983. The monoisotopic (exact) mass is 555 g/mol. The van der Waals surface area contributed by atoms with Gasteiger partial charge in [-0.15, -0.1) is 0 Å². The van der Waals surface area contributed by atoms with Gasteiger partial charge in [0.25, 0.3) is 5.91 Å². The number of nitrogens with one attached hydrogen (secondary N) is 3. The number of hydrogen-bond donors (Lipinski definition) is 3. The van der Waals surface area contributed by atoms with E-state index in [4.69, 9.17) is 9.73 Å². The Balaban J connectivity index is 1.45. The number of anilines is 3. The molecule has 1 fully saturated rings. The summed E-state index contributed by atoms with van der Waals surface area (Å²) < 4.78 is 5.45. The van der Waals surface area contributed by atoms with Crippen molar-refractivity contribution in [3.63, 3.8) is 0 Å². The van der Waals surface area contributed by atoms with Crippen LogP contribution in [0.25, 0.3) is 0 Å². The highest BCUT2D eigenvalue weighted by Gasteiger charge is 2.37. The van der Waals surface area contributed by atoms with Gasteiger partial charge in [-0.25, -0.2) is 9.79 Å². The quantitative estimate of drug-likeness (QED) is 0.314. The number of methoxy groups -OCH3 is 1. The highest BCUT2D eigenvalue weighted by molar-refractivity contribution is 8.13. The van der Waals surface area contributed by atoms with Crippen LogP contribution in [0.4, 0.5) is 21.9 Å². The molecule has 5 rings (SSSR count). The van der Waals surface area contributed by atoms with Crippen molar-refractivity contribution in [2.45, 2.75) is 33.2 Å². The number of allylic oxidation sites excluding steroid dienone is 1. The smallest absolute Gasteiger partial charge is 0.323 e. The first kappa shape index (κ1) is 27.3. The standard InChI is InChI=1S/C31H33N5O3S/c1-19-10-7-11-20(2)27(19)35-30(38)33-23-13-8-12-22(18-23)28-26(21(3)32-31-36(28)16-9-17-40-31)29(37)34-24-14-5-6-15-25(24)39-4/h5-8,10-15,18,28H,9,16-17H2,1-4H3,(H,34,37)(H2,33,35,38). The van der Waals surface area contributed by atoms with E-state index in [9.17, 15) is 9.59 Å². The number of hydrogen-bond acceptors (Lipinski definition) is 6. The minimum Gasteiger partial charge on any atom is -0.495 e. The zero-order valence-electron chi connectivity index (χ0n) is 23.1. The molecule has 9 heteroatoms. The van der Waals surface area contributed by atoms with Gasteiger partial charge in [0.1, 0.15) is 5.75 Å². The lowest BCUT2D eigenvalue weighted by molar-refractivity contribution is -0.113. The molecule has 0 radical (unpaired) electrons. The molecule has 3 aromatic rings. The van der Waals surface area contributed by atoms with Crippen LogP contribution in [-0.4, -0.2) is 41.4 Å². The lowest BCUT2D eigenvalue weighted by Crippen LogP contribution is -2.43. The number of aryl methyl sites for hydroxylation is 2. The predicted octanol–water partition coefficient (Wildman–Crippen LogP) is 6.72. The van der Waals surface area contributed by atoms with E-state index in [-0.39, 0.29) is 18.0 Å². The van der Waals surface area contributed by atoms with Crippen LogP contribution in [0.2, 0.25) is 0 Å². The average molecular weight is 556 g/mol. The lowest BCUT2D eigenvalue weighted by Gasteiger charge is -2.41. The molecule has 3 N–H and O–H groups in total. The Bertz CT molecular complexity index is 1500. The number of thioether (sulfide) groups is 1. The van der Waals surface area contributed by atoms with Gasteiger partial charge in [0, 0.05) is 23.7 Å². The summed E-state index contributed by atoms with van der Waals surface area (Å²) in [7, 11) is 1.58. The van der Waals surface area contributed by atoms with E-state index in [1.165, 1.54) is 0 Å². The molecular formula is C31H33N5O3S. The van der Waals surface area contributed by atoms with E-state index in [1.54, 1.807) is 18.9 Å². The fourth-order valence-electron chi connectivity index (χ4n) is 5.12. The molecule has 0 bridgehead atoms. The second-order valence-electron chi connectivity index (χ2n) is 9.82. The molecule has 1 unspecified atom stereocenters. The van der Waals surface area contributed by atoms with Crippen LogP contribution in [-0.2, 0) is 4.79 Å². The van der Waals surface area contributed by atoms with Gasteiger partial charge in [-0.3, -0.25) is 4.79 Å². The van der Waals surface area contributed by atoms with E-state index in [1.807, 2.05) is 87.5 Å². The Kier molecular flexibility index (Phi) is 8.11. The maximum absolute atomic E-state index is 13.8. The third-order valence-electron chi connectivity index (χ3n) is 7.04. The number of benzene rings is 3. The molecule has 2 aliphatic rings. The zero-order chi connectivity index (χ0) is 28.2. The number of nitrogens with zero attached hydrogens (tertiary/aromatic N) is 2. The molecule has 3 aromatic carbocycles. The summed E-state index contributed by atoms with van der Waals surface area (Å²) in [5, 5.41) is 9.89. The maximum atomic E-state index is 13.8. The molecule has 40 heavy (non-hydrogen) atoms. The van der Waals surface area contributed by atoms with Gasteiger partial charge in [-0.1, -0.05) is 54.2 Å². The first-order valence-electron chi connectivity index (χ1n) is 13.2. The number of carbonyl (C=O) groups excluding carboxylic acids is 2. The first-order valence-corrected chi connectivity index (χ1v) is 14.2. The number of ether oxygens (including phenoxy) is 1. The van der Waals surface area contributed by atoms with Crippen molar-refractivity contribution >= 4 is 45.9 Å².